The number of esters is 2. The molecule has 4 rings (SSSR count). The Hall–Kier alpha value is -4.07. The monoisotopic (exact) mass is 826 g/mol. The molecule has 56 heavy (non-hydrogen) atoms. The summed E-state index contributed by atoms with van der Waals surface area (Å²) in [4.78, 5) is 59.0. The molecule has 0 saturated heterocycles. The van der Waals surface area contributed by atoms with E-state index in [1.807, 2.05) is 6.92 Å². The molecule has 2 heterocycles. The molecular formula is C41H52Cl2N6O6S. The molecule has 15 heteroatoms. The van der Waals surface area contributed by atoms with Crippen molar-refractivity contribution in [3.8, 4) is 0 Å². The van der Waals surface area contributed by atoms with E-state index in [4.69, 9.17) is 32.7 Å². The van der Waals surface area contributed by atoms with Crippen LogP contribution in [0.4, 0.5) is 5.69 Å². The second kappa shape index (κ2) is 22.0. The van der Waals surface area contributed by atoms with Crippen molar-refractivity contribution in [1.29, 1.82) is 0 Å². The predicted molar refractivity (Wildman–Crippen MR) is 220 cm³/mol. The Labute approximate surface area is 343 Å². The fraction of sp³-hybridized carbons (Fsp3) is 0.512. The number of amides is 1. The van der Waals surface area contributed by atoms with Gasteiger partial charge >= 0.3 is 11.9 Å². The third-order valence-corrected chi connectivity index (χ3v) is 10.7. The topological polar surface area (TPSA) is 155 Å². The lowest BCUT2D eigenvalue weighted by Gasteiger charge is -2.25. The molecule has 0 aliphatic heterocycles. The smallest absolute Gasteiger partial charge is 0.339 e. The van der Waals surface area contributed by atoms with Gasteiger partial charge in [0.05, 0.1) is 41.4 Å². The number of Topliss-reactive ketones (excluding diaryl/α,β-unsaturated/α-hetero) is 1. The zero-order chi connectivity index (χ0) is 40.7. The van der Waals surface area contributed by atoms with Crippen molar-refractivity contribution >= 4 is 75.4 Å². The van der Waals surface area contributed by atoms with E-state index in [-0.39, 0.29) is 51.2 Å². The van der Waals surface area contributed by atoms with Crippen LogP contribution in [0.2, 0.25) is 10.0 Å². The highest BCUT2D eigenvalue weighted by Crippen LogP contribution is 2.36. The third-order valence-electron chi connectivity index (χ3n) is 9.05. The number of halogens is 2. The lowest BCUT2D eigenvalue weighted by Crippen LogP contribution is -2.38. The molecule has 302 valence electrons. The van der Waals surface area contributed by atoms with Gasteiger partial charge in [-0.1, -0.05) is 134 Å². The SMILES string of the molecule is CCCCCCCCCCCCOC(=O)c1ccc(Cl)c(NC(=O)C(C(=O)C(C)(C)C)n2cnc3c(Sc4ccc(Cl)cc4C(=O)OCCCC)nnnc32)c1. The molecule has 1 N–H and O–H groups in total. The van der Waals surface area contributed by atoms with Crippen LogP contribution in [-0.4, -0.2) is 61.8 Å². The Morgan fingerprint density at radius 3 is 2.12 bits per heavy atom. The van der Waals surface area contributed by atoms with Crippen LogP contribution in [0.1, 0.15) is 138 Å². The number of unbranched alkanes of at least 4 members (excludes halogenated alkanes) is 10. The number of ketones is 1. The molecule has 0 fully saturated rings. The first-order chi connectivity index (χ1) is 26.8. The minimum absolute atomic E-state index is 0.108. The number of nitrogens with zero attached hydrogens (tertiary/aromatic N) is 5. The quantitative estimate of drug-likeness (QED) is 0.0457. The molecule has 0 bridgehead atoms. The first-order valence-electron chi connectivity index (χ1n) is 19.4. The van der Waals surface area contributed by atoms with Gasteiger partial charge in [-0.2, -0.15) is 0 Å². The van der Waals surface area contributed by atoms with E-state index in [1.54, 1.807) is 32.9 Å². The summed E-state index contributed by atoms with van der Waals surface area (Å²) in [5.74, 6) is -2.25. The molecule has 0 aliphatic rings. The average molecular weight is 828 g/mol. The van der Waals surface area contributed by atoms with Gasteiger partial charge in [0, 0.05) is 15.3 Å². The second-order valence-corrected chi connectivity index (χ2v) is 16.5. The number of carbonyl (C=O) groups is 4. The molecule has 1 atom stereocenters. The van der Waals surface area contributed by atoms with Crippen molar-refractivity contribution < 1.29 is 28.7 Å². The number of benzene rings is 2. The van der Waals surface area contributed by atoms with E-state index >= 15 is 0 Å². The van der Waals surface area contributed by atoms with Crippen molar-refractivity contribution in [3.05, 3.63) is 63.9 Å². The number of ether oxygens (including phenoxy) is 2. The van der Waals surface area contributed by atoms with E-state index in [0.717, 1.165) is 37.4 Å². The summed E-state index contributed by atoms with van der Waals surface area (Å²) in [6.07, 6.45) is 14.6. The minimum Gasteiger partial charge on any atom is -0.462 e. The minimum atomic E-state index is -1.46. The number of aromatic nitrogens is 5. The number of carbonyl (C=O) groups excluding carboxylic acids is 4. The van der Waals surface area contributed by atoms with Gasteiger partial charge in [-0.25, -0.2) is 14.6 Å². The fourth-order valence-electron chi connectivity index (χ4n) is 5.83. The zero-order valence-corrected chi connectivity index (χ0v) is 35.2. The Morgan fingerprint density at radius 1 is 0.804 bits per heavy atom. The lowest BCUT2D eigenvalue weighted by molar-refractivity contribution is -0.135. The maximum Gasteiger partial charge on any atom is 0.339 e. The highest BCUT2D eigenvalue weighted by Gasteiger charge is 2.38. The van der Waals surface area contributed by atoms with Gasteiger partial charge in [-0.3, -0.25) is 14.2 Å². The van der Waals surface area contributed by atoms with Crippen LogP contribution in [-0.2, 0) is 19.1 Å². The van der Waals surface area contributed by atoms with Gasteiger partial charge in [0.25, 0.3) is 5.91 Å². The molecule has 12 nitrogen and oxygen atoms in total. The Balaban J connectivity index is 1.50. The van der Waals surface area contributed by atoms with Crippen LogP contribution in [0.5, 0.6) is 0 Å². The van der Waals surface area contributed by atoms with Crippen LogP contribution < -0.4 is 5.32 Å². The number of hydrogen-bond donors (Lipinski definition) is 1. The normalized spacial score (nSPS) is 12.1. The van der Waals surface area contributed by atoms with Gasteiger partial charge in [0.2, 0.25) is 0 Å². The van der Waals surface area contributed by atoms with Crippen LogP contribution in [0.25, 0.3) is 11.2 Å². The first-order valence-corrected chi connectivity index (χ1v) is 20.9. The van der Waals surface area contributed by atoms with E-state index < -0.39 is 35.1 Å². The van der Waals surface area contributed by atoms with E-state index in [0.29, 0.717) is 16.3 Å². The van der Waals surface area contributed by atoms with Gasteiger partial charge in [-0.15, -0.1) is 10.2 Å². The van der Waals surface area contributed by atoms with Crippen molar-refractivity contribution in [2.75, 3.05) is 18.5 Å². The molecule has 0 radical (unpaired) electrons. The van der Waals surface area contributed by atoms with Crippen molar-refractivity contribution in [1.82, 2.24) is 25.0 Å². The lowest BCUT2D eigenvalue weighted by atomic mass is 9.86. The van der Waals surface area contributed by atoms with Gasteiger partial charge < -0.3 is 14.8 Å². The van der Waals surface area contributed by atoms with E-state index in [1.165, 1.54) is 80.1 Å². The summed E-state index contributed by atoms with van der Waals surface area (Å²) in [6, 6.07) is 7.81. The molecule has 1 amide bonds. The molecule has 1 unspecified atom stereocenters. The summed E-state index contributed by atoms with van der Waals surface area (Å²) in [7, 11) is 0. The number of hydrogen-bond acceptors (Lipinski definition) is 11. The summed E-state index contributed by atoms with van der Waals surface area (Å²) >= 11 is 13.8. The molecule has 0 saturated carbocycles. The van der Waals surface area contributed by atoms with Crippen LogP contribution in [0, 0.1) is 5.41 Å². The summed E-state index contributed by atoms with van der Waals surface area (Å²) in [6.45, 7) is 9.86. The highest BCUT2D eigenvalue weighted by atomic mass is 35.5. The zero-order valence-electron chi connectivity index (χ0n) is 32.9. The van der Waals surface area contributed by atoms with Crippen molar-refractivity contribution in [3.63, 3.8) is 0 Å². The Kier molecular flexibility index (Phi) is 17.6. The molecule has 0 aliphatic carbocycles. The largest absolute Gasteiger partial charge is 0.462 e. The van der Waals surface area contributed by atoms with Crippen molar-refractivity contribution in [2.24, 2.45) is 5.41 Å². The predicted octanol–water partition coefficient (Wildman–Crippen LogP) is 10.5. The van der Waals surface area contributed by atoms with Crippen LogP contribution in [0.15, 0.2) is 52.6 Å². The highest BCUT2D eigenvalue weighted by molar-refractivity contribution is 7.99. The molecular weight excluding hydrogens is 775 g/mol. The molecule has 0 spiro atoms. The van der Waals surface area contributed by atoms with Crippen LogP contribution in [0.3, 0.4) is 0 Å². The number of nitrogens with one attached hydrogen (secondary N) is 1. The maximum atomic E-state index is 14.1. The average Bonchev–Trinajstić information content (AvgIpc) is 3.59. The number of anilines is 1. The first kappa shape index (κ1) is 44.6. The maximum absolute atomic E-state index is 14.1. The number of fused-ring (bicyclic) bond motifs is 1. The molecule has 2 aromatic heterocycles. The second-order valence-electron chi connectivity index (χ2n) is 14.7. The fourth-order valence-corrected chi connectivity index (χ4v) is 7.08. The van der Waals surface area contributed by atoms with Crippen LogP contribution >= 0.6 is 35.0 Å². The van der Waals surface area contributed by atoms with E-state index in [2.05, 4.69) is 32.6 Å². The van der Waals surface area contributed by atoms with Gasteiger partial charge in [-0.05, 0) is 54.5 Å². The Morgan fingerprint density at radius 2 is 1.45 bits per heavy atom. The van der Waals surface area contributed by atoms with Gasteiger partial charge in [0.1, 0.15) is 5.52 Å². The number of imidazole rings is 1. The number of rotatable bonds is 22. The standard InChI is InChI=1S/C41H52Cl2N6O6S/c1-6-8-10-11-12-13-14-15-16-17-23-54-39(52)27-18-20-30(43)31(24-27)45-37(51)34(35(50)41(3,4)5)49-26-44-33-36(49)46-48-47-38(33)56-32-21-19-28(42)25-29(32)40(53)55-22-9-7-2/h18-21,24-26,34H,6-17,22-23H2,1-5H3,(H,45,51). The van der Waals surface area contributed by atoms with E-state index in [9.17, 15) is 19.2 Å². The van der Waals surface area contributed by atoms with Crippen molar-refractivity contribution in [2.45, 2.75) is 128 Å². The van der Waals surface area contributed by atoms with Gasteiger partial charge in [0.15, 0.2) is 22.5 Å². The summed E-state index contributed by atoms with van der Waals surface area (Å²) in [5, 5.41) is 15.8. The Bertz CT molecular complexity index is 1970. The molecule has 2 aromatic carbocycles. The summed E-state index contributed by atoms with van der Waals surface area (Å²) < 4.78 is 12.3. The molecule has 4 aromatic rings. The third kappa shape index (κ3) is 12.7. The summed E-state index contributed by atoms with van der Waals surface area (Å²) in [5.41, 5.74) is -0.0421.